The number of para-hydroxylation sites is 1. The molecule has 22 heteroatoms. The number of benzene rings is 2. The molecule has 77 heavy (non-hydrogen) atoms. The van der Waals surface area contributed by atoms with E-state index >= 15 is 0 Å². The molecule has 410 valence electrons. The minimum absolute atomic E-state index is 0.00275. The van der Waals surface area contributed by atoms with Crippen molar-refractivity contribution in [3.05, 3.63) is 113 Å². The first-order valence-corrected chi connectivity index (χ1v) is 26.3. The van der Waals surface area contributed by atoms with Crippen molar-refractivity contribution >= 4 is 23.6 Å². The van der Waals surface area contributed by atoms with Crippen molar-refractivity contribution in [3.63, 3.8) is 0 Å². The second kappa shape index (κ2) is 19.9. The number of aliphatic hydroxyl groups excluding tert-OH is 2. The molecular weight excluding hydrogens is 1000 g/mol. The summed E-state index contributed by atoms with van der Waals surface area (Å²) < 4.78 is 49.0. The number of ether oxygens (including phenoxy) is 1. The third-order valence-electron chi connectivity index (χ3n) is 16.1. The molecule has 2 aromatic carbocycles. The SMILES string of the molecule is CC(C)(C)[C@@H](C(=O)N1C[C@H](O)C[C@H]1C(=O)NCc1ccc(Oc2ccccc2C(F)(F)F)nc1)n1cc(C2CC23CC3c2cn([C@H](C(=O)N3C[C@H](O)C[C@H]3C(=O)NCC(O)(c3ccccc3)C3CC3)C(C)(C)C)nn2)nn1. The molecule has 2 saturated heterocycles. The molecule has 2 aliphatic heterocycles. The van der Waals surface area contributed by atoms with Gasteiger partial charge in [0.1, 0.15) is 35.5 Å². The molecule has 10 rings (SSSR count). The Morgan fingerprint density at radius 1 is 0.727 bits per heavy atom. The van der Waals surface area contributed by atoms with E-state index in [2.05, 4.69) is 36.2 Å². The predicted octanol–water partition coefficient (Wildman–Crippen LogP) is 5.57. The highest BCUT2D eigenvalue weighted by Gasteiger charge is 2.72. The molecule has 0 radical (unpaired) electrons. The van der Waals surface area contributed by atoms with Gasteiger partial charge >= 0.3 is 6.18 Å². The Kier molecular flexibility index (Phi) is 13.9. The molecule has 5 aromatic rings. The van der Waals surface area contributed by atoms with Crippen molar-refractivity contribution < 1.29 is 52.4 Å². The van der Waals surface area contributed by atoms with E-state index in [0.29, 0.717) is 22.5 Å². The fourth-order valence-electron chi connectivity index (χ4n) is 11.8. The summed E-state index contributed by atoms with van der Waals surface area (Å²) in [5, 5.41) is 57.3. The molecule has 5 aliphatic rings. The zero-order valence-electron chi connectivity index (χ0n) is 43.9. The zero-order valence-corrected chi connectivity index (χ0v) is 43.9. The van der Waals surface area contributed by atoms with Crippen LogP contribution in [0.5, 0.6) is 11.6 Å². The van der Waals surface area contributed by atoms with Gasteiger partial charge in [0.2, 0.25) is 29.5 Å². The Bertz CT molecular complexity index is 3010. The highest BCUT2D eigenvalue weighted by Crippen LogP contribution is 2.81. The van der Waals surface area contributed by atoms with Crippen molar-refractivity contribution in [1.29, 1.82) is 0 Å². The number of amides is 4. The third kappa shape index (κ3) is 10.8. The van der Waals surface area contributed by atoms with Crippen LogP contribution >= 0.6 is 0 Å². The van der Waals surface area contributed by atoms with Gasteiger partial charge in [-0.3, -0.25) is 19.2 Å². The maximum Gasteiger partial charge on any atom is 0.419 e. The summed E-state index contributed by atoms with van der Waals surface area (Å²) in [6, 6.07) is 13.3. The van der Waals surface area contributed by atoms with E-state index in [-0.39, 0.29) is 74.0 Å². The van der Waals surface area contributed by atoms with Crippen LogP contribution in [0.4, 0.5) is 13.2 Å². The first kappa shape index (κ1) is 53.6. The normalized spacial score (nSPS) is 25.8. The number of aliphatic hydroxyl groups is 3. The highest BCUT2D eigenvalue weighted by molar-refractivity contribution is 5.91. The van der Waals surface area contributed by atoms with Crippen molar-refractivity contribution in [2.75, 3.05) is 19.6 Å². The van der Waals surface area contributed by atoms with Gasteiger partial charge in [-0.05, 0) is 71.1 Å². The largest absolute Gasteiger partial charge is 0.438 e. The van der Waals surface area contributed by atoms with E-state index in [9.17, 15) is 47.7 Å². The number of alkyl halides is 3. The Hall–Kier alpha value is -6.78. The molecule has 0 bridgehead atoms. The quantitative estimate of drug-likeness (QED) is 0.0814. The van der Waals surface area contributed by atoms with Crippen LogP contribution in [0.2, 0.25) is 0 Å². The van der Waals surface area contributed by atoms with Gasteiger partial charge in [0.25, 0.3) is 0 Å². The predicted molar refractivity (Wildman–Crippen MR) is 270 cm³/mol. The Morgan fingerprint density at radius 3 is 1.74 bits per heavy atom. The Morgan fingerprint density at radius 2 is 1.25 bits per heavy atom. The summed E-state index contributed by atoms with van der Waals surface area (Å²) in [6.45, 7) is 11.3. The van der Waals surface area contributed by atoms with Gasteiger partial charge in [-0.1, -0.05) is 101 Å². The van der Waals surface area contributed by atoms with Crippen LogP contribution in [-0.2, 0) is 37.5 Å². The van der Waals surface area contributed by atoms with Gasteiger partial charge in [-0.25, -0.2) is 14.3 Å². The van der Waals surface area contributed by atoms with E-state index in [0.717, 1.165) is 31.7 Å². The number of hydrogen-bond acceptors (Lipinski definition) is 13. The number of β-amino-alcohol motifs (C(OH)–C–C–N with tert-alkyl or cyclic N) is 2. The van der Waals surface area contributed by atoms with E-state index < -0.39 is 88.0 Å². The maximum absolute atomic E-state index is 14.6. The van der Waals surface area contributed by atoms with Crippen molar-refractivity contribution in [2.24, 2.45) is 22.2 Å². The average molecular weight is 1070 g/mol. The fraction of sp³-hybridized carbons (Fsp3) is 0.545. The number of nitrogens with one attached hydrogen (secondary N) is 2. The van der Waals surface area contributed by atoms with Gasteiger partial charge in [0.05, 0.1) is 35.7 Å². The first-order valence-electron chi connectivity index (χ1n) is 26.3. The lowest BCUT2D eigenvalue weighted by molar-refractivity contribution is -0.144. The fourth-order valence-corrected chi connectivity index (χ4v) is 11.8. The summed E-state index contributed by atoms with van der Waals surface area (Å²) in [5.74, 6) is -2.19. The first-order chi connectivity index (χ1) is 36.4. The van der Waals surface area contributed by atoms with E-state index in [4.69, 9.17) is 4.74 Å². The summed E-state index contributed by atoms with van der Waals surface area (Å²) in [4.78, 5) is 63.8. The summed E-state index contributed by atoms with van der Waals surface area (Å²) >= 11 is 0. The van der Waals surface area contributed by atoms with E-state index in [1.54, 1.807) is 27.8 Å². The number of aromatic nitrogens is 7. The van der Waals surface area contributed by atoms with Gasteiger partial charge < -0.3 is 40.5 Å². The number of halogens is 3. The third-order valence-corrected chi connectivity index (χ3v) is 16.1. The van der Waals surface area contributed by atoms with Crippen molar-refractivity contribution in [1.82, 2.24) is 55.4 Å². The molecule has 3 aromatic heterocycles. The number of nitrogens with zero attached hydrogens (tertiary/aromatic N) is 9. The van der Waals surface area contributed by atoms with Gasteiger partial charge in [-0.15, -0.1) is 10.2 Å². The van der Waals surface area contributed by atoms with Crippen molar-refractivity contribution in [2.45, 2.75) is 147 Å². The molecule has 10 atom stereocenters. The number of rotatable bonds is 16. The lowest BCUT2D eigenvalue weighted by Crippen LogP contribution is -2.52. The van der Waals surface area contributed by atoms with E-state index in [1.807, 2.05) is 71.9 Å². The van der Waals surface area contributed by atoms with E-state index in [1.165, 1.54) is 40.3 Å². The topological polar surface area (TPSA) is 243 Å². The minimum atomic E-state index is -4.62. The Balaban J connectivity index is 0.773. The zero-order chi connectivity index (χ0) is 55.0. The van der Waals surface area contributed by atoms with Crippen LogP contribution in [-0.4, -0.2) is 128 Å². The average Bonchev–Trinajstić information content (AvgIpc) is 3.72. The lowest BCUT2D eigenvalue weighted by Gasteiger charge is -2.35. The highest BCUT2D eigenvalue weighted by atomic mass is 19.4. The molecule has 5 N–H and O–H groups in total. The molecule has 4 unspecified atom stereocenters. The van der Waals surface area contributed by atoms with Crippen LogP contribution in [0, 0.1) is 22.2 Å². The summed E-state index contributed by atoms with van der Waals surface area (Å²) in [6.07, 6.45) is 1.76. The summed E-state index contributed by atoms with van der Waals surface area (Å²) in [7, 11) is 0. The number of hydrogen-bond donors (Lipinski definition) is 5. The van der Waals surface area contributed by atoms with Crippen LogP contribution in [0.25, 0.3) is 0 Å². The molecule has 19 nitrogen and oxygen atoms in total. The second-order valence-electron chi connectivity index (χ2n) is 23.9. The standard InChI is InChI=1S/C55H66F3N11O8/c1-51(2,3)45(49(74)66-26-34(70)20-41(66)47(72)60-25-31-16-19-44(59-24-31)77-43-15-11-10-14-36(43)55(56,57)58)68-28-39(62-64-68)37-22-53(37)23-38(53)40-29-69(65-63-40)46(52(4,5)6)50(75)67-27-35(71)21-42(67)48(73)61-30-54(76,33-17-18-33)32-12-8-7-9-13-32/h7-16,19,24,28-29,33-35,37-38,41-42,45-46,70-71,76H,17-18,20-23,25-27,30H2,1-6H3,(H,60,72)(H,61,73)/t34-,35-,37?,38?,41+,42+,45-,46-,53?,54?/m1/s1. The second-order valence-corrected chi connectivity index (χ2v) is 23.9. The maximum atomic E-state index is 14.6. The molecule has 5 fully saturated rings. The minimum Gasteiger partial charge on any atom is -0.438 e. The Labute approximate surface area is 443 Å². The molecule has 5 heterocycles. The molecule has 3 saturated carbocycles. The lowest BCUT2D eigenvalue weighted by atomic mass is 9.85. The van der Waals surface area contributed by atoms with Crippen LogP contribution in [0.3, 0.4) is 0 Å². The molecule has 3 aliphatic carbocycles. The smallest absolute Gasteiger partial charge is 0.419 e. The van der Waals surface area contributed by atoms with Gasteiger partial charge in [-0.2, -0.15) is 13.2 Å². The molecule has 1 spiro atoms. The molecule has 4 amide bonds. The number of carbonyl (C=O) groups excluding carboxylic acids is 4. The number of likely N-dealkylation sites (tertiary alicyclic amines) is 2. The van der Waals surface area contributed by atoms with Crippen molar-refractivity contribution in [3.8, 4) is 11.6 Å². The van der Waals surface area contributed by atoms with Crippen LogP contribution in [0.15, 0.2) is 85.3 Å². The summed E-state index contributed by atoms with van der Waals surface area (Å²) in [5.41, 5.74) is -1.11. The van der Waals surface area contributed by atoms with Gasteiger partial charge in [0, 0.05) is 69.0 Å². The van der Waals surface area contributed by atoms with Gasteiger partial charge in [0.15, 0.2) is 0 Å². The van der Waals surface area contributed by atoms with Crippen LogP contribution in [0.1, 0.15) is 132 Å². The molecular formula is C55H66F3N11O8. The number of carbonyl (C=O) groups is 4. The number of pyridine rings is 1. The van der Waals surface area contributed by atoms with Crippen LogP contribution < -0.4 is 15.4 Å². The monoisotopic (exact) mass is 1070 g/mol.